The highest BCUT2D eigenvalue weighted by molar-refractivity contribution is 5.53. The summed E-state index contributed by atoms with van der Waals surface area (Å²) in [6.07, 6.45) is 10.2. The maximum absolute atomic E-state index is 11.3. The first-order valence-electron chi connectivity index (χ1n) is 18.0. The number of anilines is 2. The number of hydrogen-bond acceptors (Lipinski definition) is 8. The molecule has 4 atom stereocenters. The van der Waals surface area contributed by atoms with Gasteiger partial charge < -0.3 is 39.7 Å². The molecule has 0 amide bonds. The zero-order chi connectivity index (χ0) is 37.0. The lowest BCUT2D eigenvalue weighted by Gasteiger charge is -2.29. The highest BCUT2D eigenvalue weighted by atomic mass is 16.5. The third-order valence-electron chi connectivity index (χ3n) is 8.78. The molecular formula is C40H54N6O6+2. The number of rotatable bonds is 20. The molecule has 2 aromatic heterocycles. The minimum atomic E-state index is -0.766. The van der Waals surface area contributed by atoms with Crippen LogP contribution in [0.2, 0.25) is 0 Å². The van der Waals surface area contributed by atoms with Gasteiger partial charge in [-0.3, -0.25) is 0 Å². The third kappa shape index (κ3) is 11.6. The lowest BCUT2D eigenvalue weighted by molar-refractivity contribution is -0.703. The molecule has 0 bridgehead atoms. The topological polar surface area (TPSA) is 123 Å². The maximum Gasteiger partial charge on any atom is 0.243 e. The van der Waals surface area contributed by atoms with Gasteiger partial charge >= 0.3 is 0 Å². The fourth-order valence-corrected chi connectivity index (χ4v) is 5.89. The summed E-state index contributed by atoms with van der Waals surface area (Å²) >= 11 is 0. The molecule has 0 radical (unpaired) electrons. The Bertz CT molecular complexity index is 1770. The van der Waals surface area contributed by atoms with Gasteiger partial charge in [-0.25, -0.2) is 18.3 Å². The van der Waals surface area contributed by atoms with Gasteiger partial charge in [-0.05, 0) is 49.2 Å². The second-order valence-corrected chi connectivity index (χ2v) is 13.5. The number of aromatic nitrogens is 4. The summed E-state index contributed by atoms with van der Waals surface area (Å²) in [4.78, 5) is 3.99. The zero-order valence-electron chi connectivity index (χ0n) is 30.6. The number of ether oxygens (including phenoxy) is 2. The van der Waals surface area contributed by atoms with Crippen molar-refractivity contribution in [2.75, 3.05) is 37.0 Å². The second kappa shape index (κ2) is 18.6. The van der Waals surface area contributed by atoms with Crippen molar-refractivity contribution in [1.82, 2.24) is 9.13 Å². The average molecular weight is 715 g/mol. The van der Waals surface area contributed by atoms with Gasteiger partial charge in [0.25, 0.3) is 0 Å². The van der Waals surface area contributed by atoms with Crippen LogP contribution in [0.1, 0.15) is 26.7 Å². The summed E-state index contributed by atoms with van der Waals surface area (Å²) in [6, 6.07) is 22.9. The van der Waals surface area contributed by atoms with Crippen LogP contribution in [0.15, 0.2) is 110 Å². The van der Waals surface area contributed by atoms with Gasteiger partial charge in [0.05, 0.1) is 12.2 Å². The van der Waals surface area contributed by atoms with E-state index in [2.05, 4.69) is 0 Å². The van der Waals surface area contributed by atoms with Crippen molar-refractivity contribution in [2.45, 2.75) is 77.3 Å². The van der Waals surface area contributed by atoms with E-state index in [1.807, 2.05) is 166 Å². The smallest absolute Gasteiger partial charge is 0.243 e. The van der Waals surface area contributed by atoms with E-state index >= 15 is 0 Å². The Morgan fingerprint density at radius 3 is 1.48 bits per heavy atom. The fraction of sp³-hybridized carbons (Fsp3) is 0.400. The number of aliphatic hydroxyl groups excluding tert-OH is 4. The Morgan fingerprint density at radius 2 is 1.02 bits per heavy atom. The molecule has 0 fully saturated rings. The normalized spacial score (nSPS) is 13.7. The predicted octanol–water partition coefficient (Wildman–Crippen LogP) is 3.99. The molecule has 0 aliphatic heterocycles. The Morgan fingerprint density at radius 1 is 0.596 bits per heavy atom. The van der Waals surface area contributed by atoms with Gasteiger partial charge in [-0.2, -0.15) is 0 Å². The summed E-state index contributed by atoms with van der Waals surface area (Å²) in [5.74, 6) is 2.57. The number of aliphatic hydroxyl groups is 4. The van der Waals surface area contributed by atoms with Crippen molar-refractivity contribution in [3.05, 3.63) is 110 Å². The van der Waals surface area contributed by atoms with Crippen molar-refractivity contribution in [1.29, 1.82) is 0 Å². The van der Waals surface area contributed by atoms with Gasteiger partial charge in [-0.1, -0.05) is 32.0 Å². The van der Waals surface area contributed by atoms with E-state index in [9.17, 15) is 20.4 Å². The molecule has 2 heterocycles. The molecule has 12 nitrogen and oxygen atoms in total. The first kappa shape index (κ1) is 38.4. The van der Waals surface area contributed by atoms with E-state index in [-0.39, 0.29) is 13.1 Å². The van der Waals surface area contributed by atoms with Gasteiger partial charge in [-0.15, -0.1) is 0 Å². The standard InChI is InChI=1S/C40H54N6O6/c1-5-33(47)23-42-16-18-44(29-42)25-35(49)27-46(28-36(50)26-45-19-17-43(30-45)24-34(48)6-2)32-11-8-13-38(21-32)52-40-15-9-14-39(22-40)51-37-12-7-10-31(20-37)41(3)4/h7-22,29-30,33-36,47-50H,5-6,23-28H2,1-4H3/q+2. The summed E-state index contributed by atoms with van der Waals surface area (Å²) in [5.41, 5.74) is 1.82. The largest absolute Gasteiger partial charge is 0.457 e. The van der Waals surface area contributed by atoms with Crippen LogP contribution < -0.4 is 28.4 Å². The molecule has 278 valence electrons. The third-order valence-corrected chi connectivity index (χ3v) is 8.78. The van der Waals surface area contributed by atoms with Crippen LogP contribution in [-0.2, 0) is 26.2 Å². The molecule has 0 aliphatic rings. The van der Waals surface area contributed by atoms with Crippen LogP contribution in [0.25, 0.3) is 0 Å². The minimum Gasteiger partial charge on any atom is -0.457 e. The Kier molecular flexibility index (Phi) is 13.7. The number of hydrogen-bond donors (Lipinski definition) is 4. The molecule has 4 unspecified atom stereocenters. The zero-order valence-corrected chi connectivity index (χ0v) is 30.6. The summed E-state index contributed by atoms with van der Waals surface area (Å²) < 4.78 is 20.1. The van der Waals surface area contributed by atoms with Crippen LogP contribution in [-0.4, -0.2) is 81.2 Å². The van der Waals surface area contributed by atoms with Gasteiger partial charge in [0.2, 0.25) is 12.7 Å². The Balaban J connectivity index is 1.30. The first-order chi connectivity index (χ1) is 25.1. The van der Waals surface area contributed by atoms with Crippen molar-refractivity contribution < 1.29 is 39.0 Å². The monoisotopic (exact) mass is 714 g/mol. The Hall–Kier alpha value is -4.88. The Labute approximate surface area is 306 Å². The van der Waals surface area contributed by atoms with E-state index < -0.39 is 24.4 Å². The molecule has 3 aromatic carbocycles. The van der Waals surface area contributed by atoms with Crippen LogP contribution in [0.5, 0.6) is 23.0 Å². The molecule has 52 heavy (non-hydrogen) atoms. The lowest BCUT2D eigenvalue weighted by atomic mass is 10.2. The number of benzene rings is 3. The molecule has 12 heteroatoms. The van der Waals surface area contributed by atoms with E-state index in [1.165, 1.54) is 0 Å². The highest BCUT2D eigenvalue weighted by Crippen LogP contribution is 2.31. The highest BCUT2D eigenvalue weighted by Gasteiger charge is 2.22. The van der Waals surface area contributed by atoms with Crippen LogP contribution in [0.4, 0.5) is 11.4 Å². The molecule has 5 rings (SSSR count). The maximum atomic E-state index is 11.3. The van der Waals surface area contributed by atoms with E-state index in [0.29, 0.717) is 56.3 Å². The molecule has 0 saturated carbocycles. The minimum absolute atomic E-state index is 0.250. The summed E-state index contributed by atoms with van der Waals surface area (Å²) in [7, 11) is 3.97. The van der Waals surface area contributed by atoms with E-state index in [4.69, 9.17) is 9.47 Å². The van der Waals surface area contributed by atoms with E-state index in [0.717, 1.165) is 17.1 Å². The second-order valence-electron chi connectivity index (χ2n) is 13.5. The summed E-state index contributed by atoms with van der Waals surface area (Å²) in [6.45, 7) is 6.02. The van der Waals surface area contributed by atoms with E-state index in [1.54, 1.807) is 0 Å². The first-order valence-corrected chi connectivity index (χ1v) is 18.0. The summed E-state index contributed by atoms with van der Waals surface area (Å²) in [5, 5.41) is 42.7. The van der Waals surface area contributed by atoms with Crippen LogP contribution >= 0.6 is 0 Å². The van der Waals surface area contributed by atoms with Gasteiger partial charge in [0.1, 0.15) is 86.2 Å². The van der Waals surface area contributed by atoms with Crippen molar-refractivity contribution >= 4 is 11.4 Å². The predicted molar refractivity (Wildman–Crippen MR) is 200 cm³/mol. The molecule has 0 saturated heterocycles. The van der Waals surface area contributed by atoms with Crippen molar-refractivity contribution in [3.8, 4) is 23.0 Å². The quantitative estimate of drug-likeness (QED) is 0.0894. The lowest BCUT2D eigenvalue weighted by Crippen LogP contribution is -2.41. The number of imidazole rings is 2. The molecule has 5 aromatic rings. The van der Waals surface area contributed by atoms with Gasteiger partial charge in [0, 0.05) is 56.8 Å². The molecule has 0 aliphatic carbocycles. The van der Waals surface area contributed by atoms with Crippen LogP contribution in [0.3, 0.4) is 0 Å². The average Bonchev–Trinajstić information content (AvgIpc) is 3.76. The van der Waals surface area contributed by atoms with Crippen LogP contribution in [0, 0.1) is 0 Å². The molecule has 4 N–H and O–H groups in total. The van der Waals surface area contributed by atoms with Crippen molar-refractivity contribution in [2.24, 2.45) is 0 Å². The van der Waals surface area contributed by atoms with Gasteiger partial charge in [0.15, 0.2) is 0 Å². The fourth-order valence-electron chi connectivity index (χ4n) is 5.89. The van der Waals surface area contributed by atoms with Crippen molar-refractivity contribution in [3.63, 3.8) is 0 Å². The molecule has 0 spiro atoms. The SMILES string of the molecule is CCC(O)C[n+]1ccn(CC(O)CN(CC(O)Cn2cc[n+](CC(O)CC)c2)c2cccc(Oc3cccc(Oc4cccc(N(C)C)c4)c3)c2)c1. The number of nitrogens with zero attached hydrogens (tertiary/aromatic N) is 6. The molecular weight excluding hydrogens is 660 g/mol.